The molecule has 0 bridgehead atoms. The van der Waals surface area contributed by atoms with E-state index in [4.69, 9.17) is 22.0 Å². The number of aromatic nitrogens is 3. The first-order chi connectivity index (χ1) is 20.2. The lowest BCUT2D eigenvalue weighted by Crippen LogP contribution is -2.71. The van der Waals surface area contributed by atoms with Crippen LogP contribution in [0.2, 0.25) is 0 Å². The molecular weight excluding hydrogens is 603 g/mol. The van der Waals surface area contributed by atoms with Gasteiger partial charge in [-0.15, -0.1) is 23.1 Å². The van der Waals surface area contributed by atoms with Gasteiger partial charge < -0.3 is 32.5 Å². The van der Waals surface area contributed by atoms with Crippen molar-refractivity contribution >= 4 is 75.1 Å². The number of nitrogen functional groups attached to an aromatic ring is 3. The number of carboxylic acids is 1. The summed E-state index contributed by atoms with van der Waals surface area (Å²) in [7, 11) is 0. The summed E-state index contributed by atoms with van der Waals surface area (Å²) in [6, 6.07) is 9.89. The second kappa shape index (κ2) is 12.3. The number of thioether (sulfide) groups is 2. The van der Waals surface area contributed by atoms with Crippen LogP contribution in [0.1, 0.15) is 12.6 Å². The van der Waals surface area contributed by atoms with Gasteiger partial charge in [0.2, 0.25) is 11.6 Å². The van der Waals surface area contributed by atoms with Crippen molar-refractivity contribution in [2.75, 3.05) is 35.3 Å². The Morgan fingerprint density at radius 1 is 1.26 bits per heavy atom. The normalized spacial score (nSPS) is 18.4. The molecule has 4 heterocycles. The molecule has 1 saturated heterocycles. The van der Waals surface area contributed by atoms with Crippen molar-refractivity contribution in [1.82, 2.24) is 20.2 Å². The van der Waals surface area contributed by atoms with Crippen molar-refractivity contribution in [3.63, 3.8) is 0 Å². The number of hydrogen-bond donors (Lipinski definition) is 5. The number of carbonyl (C=O) groups excluding carboxylic acids is 2. The van der Waals surface area contributed by atoms with E-state index in [0.717, 1.165) is 17.0 Å². The van der Waals surface area contributed by atoms with Gasteiger partial charge in [0.25, 0.3) is 11.8 Å². The van der Waals surface area contributed by atoms with Crippen LogP contribution in [0.3, 0.4) is 0 Å². The number of β-lactam (4-membered cyclic amide) rings is 1. The number of nitrogens with two attached hydrogens (primary N) is 3. The van der Waals surface area contributed by atoms with E-state index in [0.29, 0.717) is 22.3 Å². The van der Waals surface area contributed by atoms with Crippen molar-refractivity contribution < 1.29 is 28.9 Å². The molecule has 218 valence electrons. The number of benzene rings is 1. The number of aliphatic carboxylic acids is 1. The Hall–Kier alpha value is -4.35. The first-order valence-corrected chi connectivity index (χ1v) is 15.4. The number of carbonyl (C=O) groups is 3. The summed E-state index contributed by atoms with van der Waals surface area (Å²) in [5.74, 6) is -1.39. The van der Waals surface area contributed by atoms with Crippen molar-refractivity contribution in [2.45, 2.75) is 23.5 Å². The van der Waals surface area contributed by atoms with Gasteiger partial charge in [0, 0.05) is 16.9 Å². The number of oxime groups is 1. The third-order valence-electron chi connectivity index (χ3n) is 6.16. The minimum Gasteiger partial charge on any atom is -0.477 e. The van der Waals surface area contributed by atoms with Crippen LogP contribution in [0.5, 0.6) is 0 Å². The summed E-state index contributed by atoms with van der Waals surface area (Å²) in [4.78, 5) is 53.4. The monoisotopic (exact) mass is 628 g/mol. The zero-order chi connectivity index (χ0) is 30.0. The molecule has 17 heteroatoms. The molecule has 2 atom stereocenters. The van der Waals surface area contributed by atoms with Gasteiger partial charge in [-0.05, 0) is 36.4 Å². The average Bonchev–Trinajstić information content (AvgIpc) is 3.40. The predicted octanol–water partition coefficient (Wildman–Crippen LogP) is 0.833. The quantitative estimate of drug-likeness (QED) is 0.0527. The van der Waals surface area contributed by atoms with Crippen LogP contribution in [0.25, 0.3) is 5.69 Å². The van der Waals surface area contributed by atoms with Crippen molar-refractivity contribution in [3.8, 4) is 5.69 Å². The van der Waals surface area contributed by atoms with Gasteiger partial charge in [-0.2, -0.15) is 4.57 Å². The standard InChI is InChI=1S/C25H25N9O5S3/c1-2-39-32-17(14-11-41-24(28)29-14)20(35)31-18-21(36)34-19(23(37)38)12(9-40-22(18)34)10-42-25-30-15(26)8-16(27)33(25)13-6-4-3-5-7-13/h3-8,11,18,22H,2,9-10H2,1H3,(H7,26,27,28,29,31,35,37,38)/p+1/b32-17-/t18?,22-/m1/s1. The molecule has 2 aliphatic rings. The van der Waals surface area contributed by atoms with Crippen LogP contribution in [0.15, 0.2) is 63.4 Å². The second-order valence-electron chi connectivity index (χ2n) is 8.89. The van der Waals surface area contributed by atoms with Gasteiger partial charge in [0.05, 0.1) is 6.07 Å². The lowest BCUT2D eigenvalue weighted by molar-refractivity contribution is -0.626. The highest BCUT2D eigenvalue weighted by Gasteiger charge is 2.54. The van der Waals surface area contributed by atoms with E-state index in [-0.39, 0.29) is 40.4 Å². The van der Waals surface area contributed by atoms with Crippen LogP contribution in [-0.2, 0) is 19.2 Å². The Kier molecular flexibility index (Phi) is 8.51. The molecule has 1 unspecified atom stereocenters. The molecular formula is C25H26N9O5S3+. The first-order valence-electron chi connectivity index (χ1n) is 12.5. The fraction of sp³-hybridized carbons (Fsp3) is 0.240. The highest BCUT2D eigenvalue weighted by molar-refractivity contribution is 8.01. The summed E-state index contributed by atoms with van der Waals surface area (Å²) < 4.78 is 1.72. The van der Waals surface area contributed by atoms with Crippen LogP contribution in [-0.4, -0.2) is 73.0 Å². The molecule has 8 N–H and O–H groups in total. The number of carboxylic acid groups (broad SMARTS) is 1. The summed E-state index contributed by atoms with van der Waals surface area (Å²) >= 11 is 3.72. The Morgan fingerprint density at radius 2 is 2.02 bits per heavy atom. The topological polar surface area (TPSA) is 216 Å². The third-order valence-corrected chi connectivity index (χ3v) is 9.20. The molecule has 0 radical (unpaired) electrons. The molecule has 0 spiro atoms. The van der Waals surface area contributed by atoms with Gasteiger partial charge in [0.15, 0.2) is 10.8 Å². The van der Waals surface area contributed by atoms with Crippen LogP contribution >= 0.6 is 34.9 Å². The lowest BCUT2D eigenvalue weighted by atomic mass is 10.0. The smallest absolute Gasteiger partial charge is 0.352 e. The van der Waals surface area contributed by atoms with Gasteiger partial charge in [-0.25, -0.2) is 9.78 Å². The van der Waals surface area contributed by atoms with Gasteiger partial charge >= 0.3 is 11.1 Å². The molecule has 3 aromatic rings. The first kappa shape index (κ1) is 29.2. The maximum atomic E-state index is 13.2. The molecule has 14 nitrogen and oxygen atoms in total. The van der Waals surface area contributed by atoms with E-state index in [1.807, 2.05) is 30.3 Å². The van der Waals surface area contributed by atoms with E-state index in [9.17, 15) is 19.5 Å². The predicted molar refractivity (Wildman–Crippen MR) is 160 cm³/mol. The zero-order valence-corrected chi connectivity index (χ0v) is 24.5. The van der Waals surface area contributed by atoms with Gasteiger partial charge in [-0.3, -0.25) is 14.5 Å². The maximum absolute atomic E-state index is 13.2. The number of fused-ring (bicyclic) bond motifs is 1. The lowest BCUT2D eigenvalue weighted by Gasteiger charge is -2.49. The van der Waals surface area contributed by atoms with E-state index >= 15 is 0 Å². The average molecular weight is 629 g/mol. The number of hydrogen-bond acceptors (Lipinski definition) is 13. The molecule has 0 aliphatic carbocycles. The Labute approximate surface area is 252 Å². The maximum Gasteiger partial charge on any atom is 0.352 e. The molecule has 2 amide bonds. The fourth-order valence-electron chi connectivity index (χ4n) is 4.34. The van der Waals surface area contributed by atoms with Gasteiger partial charge in [-0.1, -0.05) is 28.3 Å². The van der Waals surface area contributed by atoms with Crippen LogP contribution in [0.4, 0.5) is 16.8 Å². The van der Waals surface area contributed by atoms with E-state index in [1.165, 1.54) is 28.4 Å². The van der Waals surface area contributed by atoms with E-state index < -0.39 is 29.2 Å². The minimum atomic E-state index is -1.25. The van der Waals surface area contributed by atoms with Crippen molar-refractivity contribution in [1.29, 1.82) is 0 Å². The van der Waals surface area contributed by atoms with Crippen molar-refractivity contribution in [2.24, 2.45) is 5.16 Å². The highest BCUT2D eigenvalue weighted by atomic mass is 32.2. The largest absolute Gasteiger partial charge is 0.477 e. The summed E-state index contributed by atoms with van der Waals surface area (Å²) in [6.07, 6.45) is 0. The Bertz CT molecular complexity index is 1610. The number of nitrogens with one attached hydrogen (secondary N) is 1. The number of rotatable bonds is 10. The number of anilines is 3. The molecule has 5 rings (SSSR count). The fourth-order valence-corrected chi connectivity index (χ4v) is 7.41. The van der Waals surface area contributed by atoms with Crippen LogP contribution in [0, 0.1) is 0 Å². The molecule has 42 heavy (non-hydrogen) atoms. The summed E-state index contributed by atoms with van der Waals surface area (Å²) in [5, 5.41) is 18.2. The Balaban J connectivity index is 1.35. The van der Waals surface area contributed by atoms with E-state index in [2.05, 4.69) is 20.4 Å². The minimum absolute atomic E-state index is 0.125. The summed E-state index contributed by atoms with van der Waals surface area (Å²) in [6.45, 7) is 1.91. The van der Waals surface area contributed by atoms with Gasteiger partial charge in [0.1, 0.15) is 35.1 Å². The molecule has 2 aliphatic heterocycles. The molecule has 1 aromatic carbocycles. The van der Waals surface area contributed by atoms with Crippen LogP contribution < -0.4 is 27.1 Å². The Morgan fingerprint density at radius 3 is 2.69 bits per heavy atom. The number of para-hydroxylation sites is 1. The third kappa shape index (κ3) is 5.70. The number of amides is 2. The number of nitrogens with zero attached hydrogens (tertiary/aromatic N) is 5. The molecule has 1 fully saturated rings. The molecule has 2 aromatic heterocycles. The van der Waals surface area contributed by atoms with E-state index in [1.54, 1.807) is 22.9 Å². The molecule has 0 saturated carbocycles. The summed E-state index contributed by atoms with van der Waals surface area (Å²) in [5.41, 5.74) is 19.1. The van der Waals surface area contributed by atoms with Crippen molar-refractivity contribution in [3.05, 3.63) is 58.7 Å². The second-order valence-corrected chi connectivity index (χ2v) is 11.8. The number of thiazole rings is 1. The SMILES string of the molecule is CCO/N=C(\C(=O)NC1C(=O)N2C(C(=O)O)=C(CSc3nc(N)cc(N)[n+]3-c3ccccc3)CS[C@H]12)c1csc(N)n1. The highest BCUT2D eigenvalue weighted by Crippen LogP contribution is 2.41. The zero-order valence-electron chi connectivity index (χ0n) is 22.1.